The van der Waals surface area contributed by atoms with Crippen molar-refractivity contribution in [1.82, 2.24) is 4.90 Å². The average molecular weight is 265 g/mol. The molecule has 104 valence electrons. The predicted octanol–water partition coefficient (Wildman–Crippen LogP) is 1.74. The molecule has 1 aliphatic heterocycles. The molecule has 0 aromatic heterocycles. The lowest BCUT2D eigenvalue weighted by Crippen LogP contribution is -2.40. The lowest BCUT2D eigenvalue weighted by Gasteiger charge is -2.32. The van der Waals surface area contributed by atoms with Crippen LogP contribution >= 0.6 is 0 Å². The highest BCUT2D eigenvalue weighted by molar-refractivity contribution is 5.97. The Morgan fingerprint density at radius 3 is 2.68 bits per heavy atom. The molecule has 0 spiro atoms. The van der Waals surface area contributed by atoms with Gasteiger partial charge in [-0.15, -0.1) is 0 Å². The highest BCUT2D eigenvalue weighted by Gasteiger charge is 2.25. The zero-order valence-corrected chi connectivity index (χ0v) is 11.0. The van der Waals surface area contributed by atoms with Gasteiger partial charge >= 0.3 is 0 Å². The normalized spacial score (nSPS) is 16.6. The molecule has 0 radical (unpaired) electrons. The van der Waals surface area contributed by atoms with Crippen molar-refractivity contribution >= 4 is 5.91 Å². The van der Waals surface area contributed by atoms with Gasteiger partial charge in [0.25, 0.3) is 5.91 Å². The Balaban J connectivity index is 2.03. The lowest BCUT2D eigenvalue weighted by molar-refractivity contribution is 0.0145. The second-order valence-electron chi connectivity index (χ2n) is 4.62. The number of aromatic hydroxyl groups is 2. The summed E-state index contributed by atoms with van der Waals surface area (Å²) in [6.07, 6.45) is 1.82. The standard InChI is InChI=1S/C14H19NO4/c1-2-19-10-6-8-15(9-7-10)14(18)11-4-3-5-12(16)13(11)17/h3-5,10,16-17H,2,6-9H2,1H3. The van der Waals surface area contributed by atoms with Crippen LogP contribution in [-0.4, -0.2) is 46.8 Å². The average Bonchev–Trinajstić information content (AvgIpc) is 2.42. The number of benzene rings is 1. The largest absolute Gasteiger partial charge is 0.504 e. The fourth-order valence-corrected chi connectivity index (χ4v) is 2.34. The fourth-order valence-electron chi connectivity index (χ4n) is 2.34. The van der Waals surface area contributed by atoms with Crippen molar-refractivity contribution in [2.75, 3.05) is 19.7 Å². The summed E-state index contributed by atoms with van der Waals surface area (Å²) in [4.78, 5) is 13.9. The predicted molar refractivity (Wildman–Crippen MR) is 70.3 cm³/mol. The van der Waals surface area contributed by atoms with E-state index in [1.807, 2.05) is 6.92 Å². The molecule has 1 amide bonds. The number of rotatable bonds is 3. The number of carbonyl (C=O) groups is 1. The third kappa shape index (κ3) is 2.98. The van der Waals surface area contributed by atoms with Crippen LogP contribution in [0.15, 0.2) is 18.2 Å². The molecule has 2 rings (SSSR count). The number of phenolic OH excluding ortho intramolecular Hbond substituents is 2. The van der Waals surface area contributed by atoms with Crippen LogP contribution in [0.4, 0.5) is 0 Å². The van der Waals surface area contributed by atoms with E-state index in [2.05, 4.69) is 0 Å². The number of hydrogen-bond acceptors (Lipinski definition) is 4. The van der Waals surface area contributed by atoms with Gasteiger partial charge in [-0.2, -0.15) is 0 Å². The maximum Gasteiger partial charge on any atom is 0.257 e. The van der Waals surface area contributed by atoms with Gasteiger partial charge in [0.2, 0.25) is 0 Å². The lowest BCUT2D eigenvalue weighted by atomic mass is 10.1. The van der Waals surface area contributed by atoms with Crippen molar-refractivity contribution in [3.05, 3.63) is 23.8 Å². The summed E-state index contributed by atoms with van der Waals surface area (Å²) in [5.41, 5.74) is 0.148. The minimum absolute atomic E-state index is 0.148. The van der Waals surface area contributed by atoms with Gasteiger partial charge in [-0.25, -0.2) is 0 Å². The number of nitrogens with zero attached hydrogens (tertiary/aromatic N) is 1. The van der Waals surface area contributed by atoms with Crippen LogP contribution in [0.5, 0.6) is 11.5 Å². The van der Waals surface area contributed by atoms with E-state index in [0.29, 0.717) is 19.7 Å². The molecule has 19 heavy (non-hydrogen) atoms. The molecule has 1 aliphatic rings. The molecule has 1 aromatic rings. The number of amides is 1. The molecule has 1 aromatic carbocycles. The van der Waals surface area contributed by atoms with E-state index in [-0.39, 0.29) is 29.1 Å². The molecule has 2 N–H and O–H groups in total. The van der Waals surface area contributed by atoms with Crippen molar-refractivity contribution in [3.63, 3.8) is 0 Å². The summed E-state index contributed by atoms with van der Waals surface area (Å²) in [7, 11) is 0. The van der Waals surface area contributed by atoms with Crippen LogP contribution in [0.2, 0.25) is 0 Å². The van der Waals surface area contributed by atoms with Gasteiger partial charge in [0.05, 0.1) is 11.7 Å². The van der Waals surface area contributed by atoms with Gasteiger partial charge in [-0.1, -0.05) is 6.07 Å². The second kappa shape index (κ2) is 5.93. The molecular formula is C14H19NO4. The van der Waals surface area contributed by atoms with Gasteiger partial charge in [0.1, 0.15) is 0 Å². The van der Waals surface area contributed by atoms with Gasteiger partial charge in [0, 0.05) is 19.7 Å². The fraction of sp³-hybridized carbons (Fsp3) is 0.500. The number of ether oxygens (including phenoxy) is 1. The molecule has 1 heterocycles. The van der Waals surface area contributed by atoms with E-state index >= 15 is 0 Å². The Morgan fingerprint density at radius 2 is 2.05 bits per heavy atom. The molecule has 0 bridgehead atoms. The highest BCUT2D eigenvalue weighted by atomic mass is 16.5. The van der Waals surface area contributed by atoms with Gasteiger partial charge < -0.3 is 19.8 Å². The number of hydrogen-bond donors (Lipinski definition) is 2. The van der Waals surface area contributed by atoms with Gasteiger partial charge in [-0.3, -0.25) is 4.79 Å². The molecule has 5 nitrogen and oxygen atoms in total. The Labute approximate surface area is 112 Å². The monoisotopic (exact) mass is 265 g/mol. The van der Waals surface area contributed by atoms with Gasteiger partial charge in [0.15, 0.2) is 11.5 Å². The summed E-state index contributed by atoms with van der Waals surface area (Å²) in [5, 5.41) is 19.1. The third-order valence-electron chi connectivity index (χ3n) is 3.38. The topological polar surface area (TPSA) is 70.0 Å². The maximum absolute atomic E-state index is 12.3. The van der Waals surface area contributed by atoms with Crippen molar-refractivity contribution in [1.29, 1.82) is 0 Å². The summed E-state index contributed by atoms with van der Waals surface area (Å²) < 4.78 is 5.53. The molecule has 1 saturated heterocycles. The zero-order valence-electron chi connectivity index (χ0n) is 11.0. The van der Waals surface area contributed by atoms with E-state index in [9.17, 15) is 15.0 Å². The first-order valence-corrected chi connectivity index (χ1v) is 6.55. The summed E-state index contributed by atoms with van der Waals surface area (Å²) >= 11 is 0. The number of phenols is 2. The first-order valence-electron chi connectivity index (χ1n) is 6.55. The number of para-hydroxylation sites is 1. The van der Waals surface area contributed by atoms with Crippen LogP contribution in [0.3, 0.4) is 0 Å². The van der Waals surface area contributed by atoms with Crippen LogP contribution in [-0.2, 0) is 4.74 Å². The van der Waals surface area contributed by atoms with E-state index < -0.39 is 0 Å². The Hall–Kier alpha value is -1.75. The number of piperidine rings is 1. The summed E-state index contributed by atoms with van der Waals surface area (Å²) in [6.45, 7) is 3.87. The summed E-state index contributed by atoms with van der Waals surface area (Å²) in [6, 6.07) is 4.43. The first-order chi connectivity index (χ1) is 9.13. The van der Waals surface area contributed by atoms with Crippen molar-refractivity contribution < 1.29 is 19.7 Å². The quantitative estimate of drug-likeness (QED) is 0.817. The molecule has 0 atom stereocenters. The van der Waals surface area contributed by atoms with Crippen molar-refractivity contribution in [3.8, 4) is 11.5 Å². The smallest absolute Gasteiger partial charge is 0.257 e. The number of carbonyl (C=O) groups excluding carboxylic acids is 1. The Bertz CT molecular complexity index is 453. The molecule has 1 fully saturated rings. The molecule has 0 unspecified atom stereocenters. The zero-order chi connectivity index (χ0) is 13.8. The van der Waals surface area contributed by atoms with Crippen LogP contribution in [0.25, 0.3) is 0 Å². The van der Waals surface area contributed by atoms with Crippen LogP contribution in [0, 0.1) is 0 Å². The highest BCUT2D eigenvalue weighted by Crippen LogP contribution is 2.29. The van der Waals surface area contributed by atoms with Crippen LogP contribution < -0.4 is 0 Å². The molecule has 5 heteroatoms. The maximum atomic E-state index is 12.3. The third-order valence-corrected chi connectivity index (χ3v) is 3.38. The van der Waals surface area contributed by atoms with Crippen LogP contribution in [0.1, 0.15) is 30.1 Å². The SMILES string of the molecule is CCOC1CCN(C(=O)c2cccc(O)c2O)CC1. The molecule has 0 aliphatic carbocycles. The molecular weight excluding hydrogens is 246 g/mol. The number of likely N-dealkylation sites (tertiary alicyclic amines) is 1. The summed E-state index contributed by atoms with van der Waals surface area (Å²) in [5.74, 6) is -0.863. The first kappa shape index (κ1) is 13.7. The van der Waals surface area contributed by atoms with E-state index in [1.165, 1.54) is 12.1 Å². The van der Waals surface area contributed by atoms with E-state index in [4.69, 9.17) is 4.74 Å². The van der Waals surface area contributed by atoms with Crippen molar-refractivity contribution in [2.24, 2.45) is 0 Å². The van der Waals surface area contributed by atoms with Crippen molar-refractivity contribution in [2.45, 2.75) is 25.9 Å². The minimum Gasteiger partial charge on any atom is -0.504 e. The van der Waals surface area contributed by atoms with E-state index in [1.54, 1.807) is 11.0 Å². The minimum atomic E-state index is -0.348. The second-order valence-corrected chi connectivity index (χ2v) is 4.62. The Kier molecular flexibility index (Phi) is 4.27. The molecule has 0 saturated carbocycles. The van der Waals surface area contributed by atoms with Gasteiger partial charge in [-0.05, 0) is 31.9 Å². The van der Waals surface area contributed by atoms with E-state index in [0.717, 1.165) is 12.8 Å². The Morgan fingerprint density at radius 1 is 1.37 bits per heavy atom.